The predicted molar refractivity (Wildman–Crippen MR) is 103 cm³/mol. The summed E-state index contributed by atoms with van der Waals surface area (Å²) in [4.78, 5) is 0.235. The number of halogens is 1. The number of aromatic nitrogens is 2. The minimum Gasteiger partial charge on any atom is -0.385 e. The summed E-state index contributed by atoms with van der Waals surface area (Å²) < 4.78 is 43.0. The third-order valence-corrected chi connectivity index (χ3v) is 8.41. The van der Waals surface area contributed by atoms with Crippen molar-refractivity contribution in [3.8, 4) is 0 Å². The molecule has 2 fully saturated rings. The van der Waals surface area contributed by atoms with Gasteiger partial charge in [0.2, 0.25) is 10.0 Å². The van der Waals surface area contributed by atoms with Crippen LogP contribution in [0.3, 0.4) is 0 Å². The molecule has 8 heteroatoms. The standard InChI is InChI=1S/C20H26FN3O3S/c1-3-24-14(2)19(11-22-24)28(26,27)23-12-15-5-4-10-20(25,18(15)13-23)16-6-8-17(21)9-7-16/h6-9,11,15,18,25H,3-5,10,12-13H2,1-2H3/t15-,18-,20+/m0/s1. The first-order valence-electron chi connectivity index (χ1n) is 9.78. The molecule has 1 N–H and O–H groups in total. The second-order valence-corrected chi connectivity index (χ2v) is 9.83. The summed E-state index contributed by atoms with van der Waals surface area (Å²) in [6.07, 6.45) is 3.67. The zero-order valence-corrected chi connectivity index (χ0v) is 17.0. The molecule has 0 bridgehead atoms. The molecule has 6 nitrogen and oxygen atoms in total. The zero-order valence-electron chi connectivity index (χ0n) is 16.2. The molecule has 1 aliphatic heterocycles. The molecule has 0 amide bonds. The lowest BCUT2D eigenvalue weighted by Gasteiger charge is -2.41. The maximum absolute atomic E-state index is 13.3. The number of aryl methyl sites for hydroxylation is 1. The number of rotatable bonds is 4. The molecule has 1 aromatic carbocycles. The van der Waals surface area contributed by atoms with Crippen LogP contribution in [0, 0.1) is 24.6 Å². The highest BCUT2D eigenvalue weighted by molar-refractivity contribution is 7.89. The van der Waals surface area contributed by atoms with Gasteiger partial charge in [-0.1, -0.05) is 12.1 Å². The van der Waals surface area contributed by atoms with E-state index < -0.39 is 15.6 Å². The predicted octanol–water partition coefficient (Wildman–Crippen LogP) is 2.66. The monoisotopic (exact) mass is 407 g/mol. The average Bonchev–Trinajstić information content (AvgIpc) is 3.27. The topological polar surface area (TPSA) is 75.4 Å². The number of hydrogen-bond acceptors (Lipinski definition) is 4. The fraction of sp³-hybridized carbons (Fsp3) is 0.550. The summed E-state index contributed by atoms with van der Waals surface area (Å²) >= 11 is 0. The lowest BCUT2D eigenvalue weighted by molar-refractivity contribution is -0.0641. The summed E-state index contributed by atoms with van der Waals surface area (Å²) in [6, 6.07) is 5.93. The molecular formula is C20H26FN3O3S. The van der Waals surface area contributed by atoms with E-state index in [1.54, 1.807) is 23.7 Å². The summed E-state index contributed by atoms with van der Waals surface area (Å²) in [5.41, 5.74) is 0.160. The van der Waals surface area contributed by atoms with Crippen LogP contribution in [0.5, 0.6) is 0 Å². The number of fused-ring (bicyclic) bond motifs is 1. The Kier molecular flexibility index (Phi) is 4.84. The van der Waals surface area contributed by atoms with Crippen molar-refractivity contribution in [3.63, 3.8) is 0 Å². The molecule has 1 saturated heterocycles. The molecule has 0 radical (unpaired) electrons. The Morgan fingerprint density at radius 1 is 1.29 bits per heavy atom. The van der Waals surface area contributed by atoms with Crippen LogP contribution in [0.2, 0.25) is 0 Å². The largest absolute Gasteiger partial charge is 0.385 e. The Morgan fingerprint density at radius 3 is 2.64 bits per heavy atom. The Labute approximate surface area is 165 Å². The fourth-order valence-corrected chi connectivity index (χ4v) is 6.60. The number of nitrogens with zero attached hydrogens (tertiary/aromatic N) is 3. The maximum Gasteiger partial charge on any atom is 0.246 e. The van der Waals surface area contributed by atoms with Gasteiger partial charge < -0.3 is 5.11 Å². The Balaban J connectivity index is 1.65. The summed E-state index contributed by atoms with van der Waals surface area (Å²) in [7, 11) is -3.68. The van der Waals surface area contributed by atoms with Gasteiger partial charge in [0.25, 0.3) is 0 Å². The van der Waals surface area contributed by atoms with Crippen molar-refractivity contribution < 1.29 is 17.9 Å². The van der Waals surface area contributed by atoms with E-state index in [1.807, 2.05) is 6.92 Å². The minimum atomic E-state index is -3.68. The van der Waals surface area contributed by atoms with Crippen LogP contribution in [0.1, 0.15) is 37.4 Å². The van der Waals surface area contributed by atoms with Crippen molar-refractivity contribution in [1.29, 1.82) is 0 Å². The average molecular weight is 408 g/mol. The van der Waals surface area contributed by atoms with Crippen LogP contribution in [0.15, 0.2) is 35.4 Å². The van der Waals surface area contributed by atoms with Crippen molar-refractivity contribution in [3.05, 3.63) is 47.5 Å². The molecular weight excluding hydrogens is 381 g/mol. The van der Waals surface area contributed by atoms with Crippen molar-refractivity contribution in [2.45, 2.75) is 50.2 Å². The highest BCUT2D eigenvalue weighted by Gasteiger charge is 2.52. The maximum atomic E-state index is 13.3. The first-order valence-corrected chi connectivity index (χ1v) is 11.2. The molecule has 0 spiro atoms. The van der Waals surface area contributed by atoms with E-state index in [4.69, 9.17) is 0 Å². The van der Waals surface area contributed by atoms with E-state index in [9.17, 15) is 17.9 Å². The fourth-order valence-electron chi connectivity index (χ4n) is 4.92. The van der Waals surface area contributed by atoms with Crippen LogP contribution in [0.25, 0.3) is 0 Å². The second-order valence-electron chi connectivity index (χ2n) is 7.92. The molecule has 1 aliphatic carbocycles. The van der Waals surface area contributed by atoms with Gasteiger partial charge in [-0.3, -0.25) is 4.68 Å². The number of aliphatic hydroxyl groups is 1. The van der Waals surface area contributed by atoms with Crippen LogP contribution in [0.4, 0.5) is 4.39 Å². The molecule has 152 valence electrons. The van der Waals surface area contributed by atoms with E-state index in [0.29, 0.717) is 30.8 Å². The molecule has 4 rings (SSSR count). The van der Waals surface area contributed by atoms with E-state index in [1.165, 1.54) is 22.6 Å². The lowest BCUT2D eigenvalue weighted by atomic mass is 9.67. The Bertz CT molecular complexity index is 973. The Morgan fingerprint density at radius 2 is 2.00 bits per heavy atom. The molecule has 3 atom stereocenters. The van der Waals surface area contributed by atoms with Crippen molar-refractivity contribution in [2.75, 3.05) is 13.1 Å². The van der Waals surface area contributed by atoms with Gasteiger partial charge in [0, 0.05) is 25.6 Å². The first kappa shape index (κ1) is 19.5. The second kappa shape index (κ2) is 6.93. The zero-order chi connectivity index (χ0) is 20.1. The molecule has 2 aliphatic rings. The summed E-state index contributed by atoms with van der Waals surface area (Å²) in [5, 5.41) is 15.7. The molecule has 1 aromatic heterocycles. The van der Waals surface area contributed by atoms with Gasteiger partial charge in [-0.25, -0.2) is 12.8 Å². The van der Waals surface area contributed by atoms with Crippen LogP contribution in [-0.4, -0.2) is 40.7 Å². The third-order valence-electron chi connectivity index (χ3n) is 6.47. The molecule has 28 heavy (non-hydrogen) atoms. The van der Waals surface area contributed by atoms with Gasteiger partial charge in [0.1, 0.15) is 10.7 Å². The van der Waals surface area contributed by atoms with E-state index >= 15 is 0 Å². The smallest absolute Gasteiger partial charge is 0.246 e. The van der Waals surface area contributed by atoms with E-state index in [-0.39, 0.29) is 29.1 Å². The molecule has 2 heterocycles. The SMILES string of the molecule is CCn1ncc(S(=O)(=O)N2C[C@@H]3CCC[C@@](O)(c4ccc(F)cc4)[C@H]3C2)c1C. The normalized spacial score (nSPS) is 28.4. The summed E-state index contributed by atoms with van der Waals surface area (Å²) in [5.74, 6) is -0.470. The van der Waals surface area contributed by atoms with Gasteiger partial charge in [0.15, 0.2) is 0 Å². The van der Waals surface area contributed by atoms with E-state index in [0.717, 1.165) is 12.8 Å². The molecule has 1 saturated carbocycles. The number of benzene rings is 1. The molecule has 0 unspecified atom stereocenters. The Hall–Kier alpha value is -1.77. The highest BCUT2D eigenvalue weighted by Crippen LogP contribution is 2.49. The van der Waals surface area contributed by atoms with Gasteiger partial charge in [-0.2, -0.15) is 9.40 Å². The lowest BCUT2D eigenvalue weighted by Crippen LogP contribution is -2.43. The van der Waals surface area contributed by atoms with Gasteiger partial charge >= 0.3 is 0 Å². The van der Waals surface area contributed by atoms with Gasteiger partial charge in [-0.05, 0) is 56.7 Å². The van der Waals surface area contributed by atoms with Gasteiger partial charge in [0.05, 0.1) is 17.5 Å². The van der Waals surface area contributed by atoms with Crippen molar-refractivity contribution >= 4 is 10.0 Å². The number of hydrogen-bond donors (Lipinski definition) is 1. The van der Waals surface area contributed by atoms with Crippen LogP contribution in [-0.2, 0) is 22.2 Å². The van der Waals surface area contributed by atoms with E-state index in [2.05, 4.69) is 5.10 Å². The molecule has 2 aromatic rings. The van der Waals surface area contributed by atoms with Crippen molar-refractivity contribution in [1.82, 2.24) is 14.1 Å². The number of sulfonamides is 1. The summed E-state index contributed by atoms with van der Waals surface area (Å²) in [6.45, 7) is 4.95. The third kappa shape index (κ3) is 2.98. The minimum absolute atomic E-state index is 0.0834. The highest BCUT2D eigenvalue weighted by atomic mass is 32.2. The quantitative estimate of drug-likeness (QED) is 0.846. The van der Waals surface area contributed by atoms with Crippen LogP contribution < -0.4 is 0 Å². The van der Waals surface area contributed by atoms with Crippen molar-refractivity contribution in [2.24, 2.45) is 11.8 Å². The van der Waals surface area contributed by atoms with Crippen LogP contribution >= 0.6 is 0 Å². The first-order chi connectivity index (χ1) is 13.3. The van der Waals surface area contributed by atoms with Gasteiger partial charge in [-0.15, -0.1) is 0 Å².